The van der Waals surface area contributed by atoms with E-state index in [0.717, 1.165) is 29.2 Å². The molecule has 3 heterocycles. The normalized spacial score (nSPS) is 14.5. The Morgan fingerprint density at radius 2 is 2.12 bits per heavy atom. The maximum absolute atomic E-state index is 5.86. The van der Waals surface area contributed by atoms with Gasteiger partial charge in [-0.05, 0) is 31.2 Å². The molecule has 26 heavy (non-hydrogen) atoms. The molecule has 134 valence electrons. The van der Waals surface area contributed by atoms with Gasteiger partial charge in [0.05, 0.1) is 12.2 Å². The number of nitrogens with zero attached hydrogens (tertiary/aromatic N) is 5. The van der Waals surface area contributed by atoms with Crippen molar-refractivity contribution < 1.29 is 9.26 Å². The van der Waals surface area contributed by atoms with Gasteiger partial charge >= 0.3 is 0 Å². The topological polar surface area (TPSA) is 67.5 Å². The van der Waals surface area contributed by atoms with Crippen molar-refractivity contribution in [2.45, 2.75) is 13.0 Å². The lowest BCUT2D eigenvalue weighted by molar-refractivity contribution is 0.290. The first-order valence-electron chi connectivity index (χ1n) is 8.58. The molecule has 3 aromatic rings. The second-order valence-corrected chi connectivity index (χ2v) is 6.46. The fraction of sp³-hybridized carbons (Fsp3) is 0.316. The van der Waals surface area contributed by atoms with Crippen LogP contribution in [0, 0.1) is 0 Å². The van der Waals surface area contributed by atoms with Crippen LogP contribution in [0.4, 0.5) is 11.4 Å². The zero-order valence-electron chi connectivity index (χ0n) is 15.1. The number of pyridine rings is 1. The van der Waals surface area contributed by atoms with E-state index in [1.165, 1.54) is 0 Å². The summed E-state index contributed by atoms with van der Waals surface area (Å²) in [5, 5.41) is 4.10. The van der Waals surface area contributed by atoms with E-state index in [9.17, 15) is 0 Å². The van der Waals surface area contributed by atoms with E-state index in [0.29, 0.717) is 18.3 Å². The lowest BCUT2D eigenvalue weighted by atomic mass is 10.1. The van der Waals surface area contributed by atoms with Gasteiger partial charge in [-0.2, -0.15) is 4.98 Å². The largest absolute Gasteiger partial charge is 0.489 e. The summed E-state index contributed by atoms with van der Waals surface area (Å²) in [6.07, 6.45) is 3.45. The monoisotopic (exact) mass is 351 g/mol. The molecule has 1 aliphatic heterocycles. The number of anilines is 2. The summed E-state index contributed by atoms with van der Waals surface area (Å²) >= 11 is 0. The van der Waals surface area contributed by atoms with Gasteiger partial charge in [-0.15, -0.1) is 0 Å². The third-order valence-electron chi connectivity index (χ3n) is 4.55. The van der Waals surface area contributed by atoms with Gasteiger partial charge in [0.2, 0.25) is 11.7 Å². The van der Waals surface area contributed by atoms with Crippen molar-refractivity contribution in [3.8, 4) is 17.1 Å². The first-order chi connectivity index (χ1) is 12.6. The lowest BCUT2D eigenvalue weighted by Crippen LogP contribution is -2.35. The molecule has 0 unspecified atom stereocenters. The van der Waals surface area contributed by atoms with E-state index >= 15 is 0 Å². The summed E-state index contributed by atoms with van der Waals surface area (Å²) < 4.78 is 11.4. The van der Waals surface area contributed by atoms with E-state index in [4.69, 9.17) is 9.26 Å². The molecule has 0 bridgehead atoms. The molecule has 0 aliphatic carbocycles. The molecule has 0 saturated heterocycles. The minimum atomic E-state index is -0.0548. The van der Waals surface area contributed by atoms with Crippen LogP contribution in [0.2, 0.25) is 0 Å². The molecule has 0 saturated carbocycles. The number of aromatic nitrogens is 3. The minimum Gasteiger partial charge on any atom is -0.489 e. The standard InChI is InChI=1S/C19H21N5O2/c1-13(19-21-18(22-26-19)14-5-4-8-20-12-14)24-9-10-25-17-11-15(23(2)3)6-7-16(17)24/h4-8,11-13H,9-10H2,1-3H3/t13-/m0/s1. The van der Waals surface area contributed by atoms with Crippen LogP contribution < -0.4 is 14.5 Å². The van der Waals surface area contributed by atoms with Gasteiger partial charge in [0, 0.05) is 43.8 Å². The fourth-order valence-corrected chi connectivity index (χ4v) is 3.06. The van der Waals surface area contributed by atoms with Crippen LogP contribution in [-0.4, -0.2) is 42.4 Å². The quantitative estimate of drug-likeness (QED) is 0.715. The van der Waals surface area contributed by atoms with Crippen molar-refractivity contribution in [2.75, 3.05) is 37.0 Å². The maximum atomic E-state index is 5.86. The summed E-state index contributed by atoms with van der Waals surface area (Å²) in [5.74, 6) is 2.01. The van der Waals surface area contributed by atoms with E-state index < -0.39 is 0 Å². The number of hydrogen-bond acceptors (Lipinski definition) is 7. The average Bonchev–Trinajstić information content (AvgIpc) is 3.17. The Labute approximate surface area is 152 Å². The van der Waals surface area contributed by atoms with E-state index in [1.807, 2.05) is 26.2 Å². The Kier molecular flexibility index (Phi) is 4.20. The molecule has 0 spiro atoms. The van der Waals surface area contributed by atoms with Gasteiger partial charge in [-0.25, -0.2) is 0 Å². The number of benzene rings is 1. The van der Waals surface area contributed by atoms with Gasteiger partial charge in [0.1, 0.15) is 18.4 Å². The Bertz CT molecular complexity index is 894. The minimum absolute atomic E-state index is 0.0548. The van der Waals surface area contributed by atoms with Gasteiger partial charge < -0.3 is 19.1 Å². The molecule has 0 amide bonds. The van der Waals surface area contributed by atoms with E-state index in [1.54, 1.807) is 12.4 Å². The number of fused-ring (bicyclic) bond motifs is 1. The molecule has 2 aromatic heterocycles. The Morgan fingerprint density at radius 3 is 2.88 bits per heavy atom. The van der Waals surface area contributed by atoms with Crippen LogP contribution in [0.1, 0.15) is 18.9 Å². The molecule has 4 rings (SSSR count). The van der Waals surface area contributed by atoms with Gasteiger partial charge in [-0.1, -0.05) is 5.16 Å². The van der Waals surface area contributed by atoms with Crippen molar-refractivity contribution in [2.24, 2.45) is 0 Å². The highest BCUT2D eigenvalue weighted by Gasteiger charge is 2.27. The maximum Gasteiger partial charge on any atom is 0.249 e. The fourth-order valence-electron chi connectivity index (χ4n) is 3.06. The van der Waals surface area contributed by atoms with Gasteiger partial charge in [-0.3, -0.25) is 4.98 Å². The molecule has 0 radical (unpaired) electrons. The van der Waals surface area contributed by atoms with Crippen LogP contribution in [0.5, 0.6) is 5.75 Å². The zero-order valence-corrected chi connectivity index (χ0v) is 15.1. The van der Waals surface area contributed by atoms with Crippen LogP contribution >= 0.6 is 0 Å². The summed E-state index contributed by atoms with van der Waals surface area (Å²) in [5.41, 5.74) is 2.98. The van der Waals surface area contributed by atoms with Crippen molar-refractivity contribution in [1.29, 1.82) is 0 Å². The third kappa shape index (κ3) is 2.96. The summed E-state index contributed by atoms with van der Waals surface area (Å²) in [7, 11) is 4.03. The molecular formula is C19H21N5O2. The molecule has 7 heteroatoms. The average molecular weight is 351 g/mol. The Balaban J connectivity index is 1.62. The first kappa shape index (κ1) is 16.4. The van der Waals surface area contributed by atoms with Crippen molar-refractivity contribution >= 4 is 11.4 Å². The zero-order chi connectivity index (χ0) is 18.1. The second kappa shape index (κ2) is 6.67. The first-order valence-corrected chi connectivity index (χ1v) is 8.58. The Morgan fingerprint density at radius 1 is 1.23 bits per heavy atom. The van der Waals surface area contributed by atoms with Crippen LogP contribution in [0.25, 0.3) is 11.4 Å². The van der Waals surface area contributed by atoms with Gasteiger partial charge in [0.25, 0.3) is 0 Å². The third-order valence-corrected chi connectivity index (χ3v) is 4.55. The van der Waals surface area contributed by atoms with Crippen LogP contribution in [0.3, 0.4) is 0 Å². The highest BCUT2D eigenvalue weighted by Crippen LogP contribution is 2.39. The molecule has 7 nitrogen and oxygen atoms in total. The Hall–Kier alpha value is -3.09. The van der Waals surface area contributed by atoms with E-state index in [2.05, 4.69) is 50.0 Å². The number of rotatable bonds is 4. The molecule has 0 fully saturated rings. The number of ether oxygens (including phenoxy) is 1. The lowest BCUT2D eigenvalue weighted by Gasteiger charge is -2.34. The predicted octanol–water partition coefficient (Wildman–Crippen LogP) is 3.16. The molecule has 0 N–H and O–H groups in total. The highest BCUT2D eigenvalue weighted by molar-refractivity contribution is 5.67. The SMILES string of the molecule is C[C@@H](c1nc(-c2cccnc2)no1)N1CCOc2cc(N(C)C)ccc21. The number of hydrogen-bond donors (Lipinski definition) is 0. The second-order valence-electron chi connectivity index (χ2n) is 6.46. The predicted molar refractivity (Wildman–Crippen MR) is 99.6 cm³/mol. The summed E-state index contributed by atoms with van der Waals surface area (Å²) in [6, 6.07) is 9.94. The van der Waals surface area contributed by atoms with Crippen LogP contribution in [0.15, 0.2) is 47.2 Å². The van der Waals surface area contributed by atoms with Crippen LogP contribution in [-0.2, 0) is 0 Å². The molecular weight excluding hydrogens is 330 g/mol. The molecule has 1 aromatic carbocycles. The smallest absolute Gasteiger partial charge is 0.249 e. The van der Waals surface area contributed by atoms with Crippen molar-refractivity contribution in [1.82, 2.24) is 15.1 Å². The van der Waals surface area contributed by atoms with E-state index in [-0.39, 0.29) is 6.04 Å². The molecule has 1 aliphatic rings. The van der Waals surface area contributed by atoms with Crippen molar-refractivity contribution in [3.05, 3.63) is 48.6 Å². The highest BCUT2D eigenvalue weighted by atomic mass is 16.5. The summed E-state index contributed by atoms with van der Waals surface area (Å²) in [4.78, 5) is 13.0. The van der Waals surface area contributed by atoms with Gasteiger partial charge in [0.15, 0.2) is 0 Å². The van der Waals surface area contributed by atoms with Crippen molar-refractivity contribution in [3.63, 3.8) is 0 Å². The molecule has 1 atom stereocenters. The summed E-state index contributed by atoms with van der Waals surface area (Å²) in [6.45, 7) is 3.45.